The highest BCUT2D eigenvalue weighted by molar-refractivity contribution is 7.87. The fourth-order valence-corrected chi connectivity index (χ4v) is 4.81. The molecular formula is C13H24N4O2S2. The van der Waals surface area contributed by atoms with Gasteiger partial charge >= 0.3 is 0 Å². The molecular weight excluding hydrogens is 308 g/mol. The van der Waals surface area contributed by atoms with E-state index in [2.05, 4.69) is 15.0 Å². The first-order valence-electron chi connectivity index (χ1n) is 7.41. The third-order valence-electron chi connectivity index (χ3n) is 3.61. The molecule has 1 aromatic rings. The first kappa shape index (κ1) is 16.8. The zero-order valence-electron chi connectivity index (χ0n) is 12.6. The first-order valence-corrected chi connectivity index (χ1v) is 9.67. The second kappa shape index (κ2) is 7.64. The van der Waals surface area contributed by atoms with Crippen molar-refractivity contribution in [3.8, 4) is 0 Å². The molecule has 0 radical (unpaired) electrons. The highest BCUT2D eigenvalue weighted by atomic mass is 32.2. The van der Waals surface area contributed by atoms with Gasteiger partial charge in [0, 0.05) is 36.8 Å². The van der Waals surface area contributed by atoms with E-state index < -0.39 is 10.2 Å². The zero-order chi connectivity index (χ0) is 15.3. The molecule has 1 saturated heterocycles. The van der Waals surface area contributed by atoms with Crippen molar-refractivity contribution in [3.63, 3.8) is 0 Å². The topological polar surface area (TPSA) is 74.3 Å². The lowest BCUT2D eigenvalue weighted by atomic mass is 10.1. The SMILES string of the molecule is CCNCC1CCCCN1S(=O)(=O)NCc1cnc(C)s1. The molecule has 1 atom stereocenters. The van der Waals surface area contributed by atoms with Crippen LogP contribution in [0.25, 0.3) is 0 Å². The average Bonchev–Trinajstić information content (AvgIpc) is 2.89. The van der Waals surface area contributed by atoms with Crippen LogP contribution in [0.15, 0.2) is 6.20 Å². The Morgan fingerprint density at radius 2 is 2.29 bits per heavy atom. The standard InChI is InChI=1S/C13H24N4O2S2/c1-3-14-8-12-6-4-5-7-17(12)21(18,19)16-10-13-9-15-11(2)20-13/h9,12,14,16H,3-8,10H2,1-2H3. The largest absolute Gasteiger partial charge is 0.315 e. The maximum Gasteiger partial charge on any atom is 0.280 e. The molecule has 2 heterocycles. The van der Waals surface area contributed by atoms with Gasteiger partial charge in [0.2, 0.25) is 0 Å². The number of rotatable bonds is 7. The summed E-state index contributed by atoms with van der Waals surface area (Å²) in [5.41, 5.74) is 0. The summed E-state index contributed by atoms with van der Waals surface area (Å²) in [5, 5.41) is 4.21. The van der Waals surface area contributed by atoms with Gasteiger partial charge in [0.05, 0.1) is 5.01 Å². The van der Waals surface area contributed by atoms with Crippen molar-refractivity contribution in [2.75, 3.05) is 19.6 Å². The number of aryl methyl sites for hydroxylation is 1. The number of thiazole rings is 1. The number of nitrogens with one attached hydrogen (secondary N) is 2. The van der Waals surface area contributed by atoms with Crippen LogP contribution in [0.4, 0.5) is 0 Å². The molecule has 2 N–H and O–H groups in total. The van der Waals surface area contributed by atoms with E-state index in [4.69, 9.17) is 0 Å². The van der Waals surface area contributed by atoms with Gasteiger partial charge in [-0.25, -0.2) is 4.98 Å². The van der Waals surface area contributed by atoms with Crippen molar-refractivity contribution < 1.29 is 8.42 Å². The van der Waals surface area contributed by atoms with E-state index in [0.29, 0.717) is 13.1 Å². The molecule has 1 fully saturated rings. The minimum Gasteiger partial charge on any atom is -0.315 e. The normalized spacial score (nSPS) is 20.8. The molecule has 2 rings (SSSR count). The molecule has 0 aliphatic carbocycles. The number of likely N-dealkylation sites (N-methyl/N-ethyl adjacent to an activating group) is 1. The van der Waals surface area contributed by atoms with Gasteiger partial charge in [0.25, 0.3) is 10.2 Å². The molecule has 0 bridgehead atoms. The van der Waals surface area contributed by atoms with Gasteiger partial charge in [-0.3, -0.25) is 0 Å². The van der Waals surface area contributed by atoms with Gasteiger partial charge in [0.15, 0.2) is 0 Å². The number of nitrogens with zero attached hydrogens (tertiary/aromatic N) is 2. The Labute approximate surface area is 131 Å². The molecule has 6 nitrogen and oxygen atoms in total. The van der Waals surface area contributed by atoms with E-state index in [1.807, 2.05) is 13.8 Å². The molecule has 0 aromatic carbocycles. The van der Waals surface area contributed by atoms with Crippen molar-refractivity contribution in [1.82, 2.24) is 19.3 Å². The molecule has 21 heavy (non-hydrogen) atoms. The van der Waals surface area contributed by atoms with Crippen LogP contribution in [0.5, 0.6) is 0 Å². The van der Waals surface area contributed by atoms with E-state index in [1.54, 1.807) is 10.5 Å². The average molecular weight is 332 g/mol. The molecule has 1 aliphatic heterocycles. The predicted molar refractivity (Wildman–Crippen MR) is 85.5 cm³/mol. The van der Waals surface area contributed by atoms with Crippen LogP contribution in [0.1, 0.15) is 36.1 Å². The second-order valence-corrected chi connectivity index (χ2v) is 8.27. The lowest BCUT2D eigenvalue weighted by Crippen LogP contribution is -2.52. The monoisotopic (exact) mass is 332 g/mol. The van der Waals surface area contributed by atoms with Gasteiger partial charge in [-0.05, 0) is 26.3 Å². The fraction of sp³-hybridized carbons (Fsp3) is 0.769. The van der Waals surface area contributed by atoms with Crippen LogP contribution >= 0.6 is 11.3 Å². The lowest BCUT2D eigenvalue weighted by Gasteiger charge is -2.34. The molecule has 1 unspecified atom stereocenters. The first-order chi connectivity index (χ1) is 10.0. The highest BCUT2D eigenvalue weighted by Gasteiger charge is 2.31. The Bertz CT molecular complexity index is 544. The van der Waals surface area contributed by atoms with Crippen molar-refractivity contribution in [1.29, 1.82) is 0 Å². The van der Waals surface area contributed by atoms with E-state index >= 15 is 0 Å². The molecule has 0 spiro atoms. The van der Waals surface area contributed by atoms with Crippen LogP contribution < -0.4 is 10.0 Å². The lowest BCUT2D eigenvalue weighted by molar-refractivity contribution is 0.244. The zero-order valence-corrected chi connectivity index (χ0v) is 14.3. The van der Waals surface area contributed by atoms with Gasteiger partial charge in [0.1, 0.15) is 0 Å². The Morgan fingerprint density at radius 1 is 1.48 bits per heavy atom. The van der Waals surface area contributed by atoms with Crippen LogP contribution in [-0.4, -0.2) is 43.4 Å². The van der Waals surface area contributed by atoms with Crippen LogP contribution in [-0.2, 0) is 16.8 Å². The van der Waals surface area contributed by atoms with Crippen molar-refractivity contribution in [2.45, 2.75) is 45.7 Å². The van der Waals surface area contributed by atoms with Crippen LogP contribution in [0, 0.1) is 6.92 Å². The van der Waals surface area contributed by atoms with Crippen molar-refractivity contribution in [3.05, 3.63) is 16.1 Å². The van der Waals surface area contributed by atoms with E-state index in [-0.39, 0.29) is 6.04 Å². The number of hydrogen-bond donors (Lipinski definition) is 2. The summed E-state index contributed by atoms with van der Waals surface area (Å²) >= 11 is 1.52. The van der Waals surface area contributed by atoms with E-state index in [0.717, 1.165) is 42.2 Å². The van der Waals surface area contributed by atoms with Gasteiger partial charge < -0.3 is 5.32 Å². The second-order valence-electron chi connectivity index (χ2n) is 5.24. The highest BCUT2D eigenvalue weighted by Crippen LogP contribution is 2.20. The predicted octanol–water partition coefficient (Wildman–Crippen LogP) is 1.25. The minimum absolute atomic E-state index is 0.0550. The summed E-state index contributed by atoms with van der Waals surface area (Å²) in [6, 6.07) is 0.0550. The molecule has 0 saturated carbocycles. The summed E-state index contributed by atoms with van der Waals surface area (Å²) in [5.74, 6) is 0. The fourth-order valence-electron chi connectivity index (χ4n) is 2.54. The number of piperidine rings is 1. The Morgan fingerprint density at radius 3 is 2.95 bits per heavy atom. The van der Waals surface area contributed by atoms with Crippen LogP contribution in [0.2, 0.25) is 0 Å². The van der Waals surface area contributed by atoms with Crippen molar-refractivity contribution in [2.24, 2.45) is 0 Å². The van der Waals surface area contributed by atoms with Gasteiger partial charge in [-0.1, -0.05) is 13.3 Å². The van der Waals surface area contributed by atoms with Crippen molar-refractivity contribution >= 4 is 21.5 Å². The summed E-state index contributed by atoms with van der Waals surface area (Å²) in [7, 11) is -3.43. The molecule has 1 aliphatic rings. The Hall–Kier alpha value is -0.540. The Balaban J connectivity index is 1.98. The summed E-state index contributed by atoms with van der Waals surface area (Å²) in [4.78, 5) is 5.09. The van der Waals surface area contributed by atoms with Crippen LogP contribution in [0.3, 0.4) is 0 Å². The quantitative estimate of drug-likeness (QED) is 0.788. The van der Waals surface area contributed by atoms with E-state index in [1.165, 1.54) is 11.3 Å². The molecule has 8 heteroatoms. The summed E-state index contributed by atoms with van der Waals surface area (Å²) in [6.45, 7) is 6.45. The maximum atomic E-state index is 12.5. The summed E-state index contributed by atoms with van der Waals surface area (Å²) in [6.07, 6.45) is 4.68. The number of hydrogen-bond acceptors (Lipinski definition) is 5. The summed E-state index contributed by atoms with van der Waals surface area (Å²) < 4.78 is 29.3. The third kappa shape index (κ3) is 4.72. The van der Waals surface area contributed by atoms with Gasteiger partial charge in [-0.2, -0.15) is 17.4 Å². The maximum absolute atomic E-state index is 12.5. The van der Waals surface area contributed by atoms with E-state index in [9.17, 15) is 8.42 Å². The number of aromatic nitrogens is 1. The molecule has 120 valence electrons. The minimum atomic E-state index is -3.43. The molecule has 0 amide bonds. The Kier molecular flexibility index (Phi) is 6.12. The smallest absolute Gasteiger partial charge is 0.280 e. The molecule has 1 aromatic heterocycles. The van der Waals surface area contributed by atoms with Gasteiger partial charge in [-0.15, -0.1) is 11.3 Å². The third-order valence-corrected chi connectivity index (χ3v) is 6.13.